The Hall–Kier alpha value is -6.72. The summed E-state index contributed by atoms with van der Waals surface area (Å²) in [4.78, 5) is 24.8. The third kappa shape index (κ3) is 6.85. The van der Waals surface area contributed by atoms with E-state index in [2.05, 4.69) is 113 Å². The Bertz CT molecular complexity index is 2140. The minimum Gasteiger partial charge on any atom is -0.373 e. The third-order valence-corrected chi connectivity index (χ3v) is 7.17. The minimum absolute atomic E-state index is 0.00857. The number of benzene rings is 2. The molecule has 0 spiro atoms. The second-order valence-corrected chi connectivity index (χ2v) is 11.0. The van der Waals surface area contributed by atoms with Crippen LogP contribution >= 0.6 is 0 Å². The first-order valence-corrected chi connectivity index (χ1v) is 14.4. The van der Waals surface area contributed by atoms with Crippen LogP contribution in [0.5, 0.6) is 0 Å². The molecule has 3 heterocycles. The van der Waals surface area contributed by atoms with E-state index in [4.69, 9.17) is 18.1 Å². The number of aromatic amines is 2. The summed E-state index contributed by atoms with van der Waals surface area (Å²) >= 11 is 0. The molecule has 3 aromatic heterocycles. The summed E-state index contributed by atoms with van der Waals surface area (Å²) in [7, 11) is 0. The number of anilines is 4. The van der Waals surface area contributed by atoms with Crippen LogP contribution in [-0.2, 0) is 0 Å². The average Bonchev–Trinajstić information content (AvgIpc) is 3.62. The Morgan fingerprint density at radius 2 is 1.26 bits per heavy atom. The number of nitriles is 1. The van der Waals surface area contributed by atoms with Gasteiger partial charge in [-0.3, -0.25) is 4.98 Å². The molecule has 47 heavy (non-hydrogen) atoms. The monoisotopic (exact) mass is 622 g/mol. The van der Waals surface area contributed by atoms with E-state index in [-0.39, 0.29) is 35.0 Å². The molecule has 2 aromatic carbocycles. The molecule has 14 nitrogen and oxygen atoms in total. The van der Waals surface area contributed by atoms with Crippen LogP contribution in [0.4, 0.5) is 58.0 Å². The van der Waals surface area contributed by atoms with Gasteiger partial charge in [0.2, 0.25) is 11.8 Å². The van der Waals surface area contributed by atoms with Crippen molar-refractivity contribution in [3.63, 3.8) is 0 Å². The zero-order valence-corrected chi connectivity index (χ0v) is 26.9. The molecule has 0 saturated heterocycles. The lowest BCUT2D eigenvalue weighted by molar-refractivity contribution is 1.07. The van der Waals surface area contributed by atoms with Gasteiger partial charge in [-0.2, -0.15) is 10.2 Å². The average molecular weight is 623 g/mol. The molecule has 0 unspecified atom stereocenters. The predicted octanol–water partition coefficient (Wildman–Crippen LogP) is 9.98. The van der Waals surface area contributed by atoms with Crippen LogP contribution in [0.25, 0.3) is 9.69 Å². The van der Waals surface area contributed by atoms with Crippen LogP contribution in [0.2, 0.25) is 0 Å². The van der Waals surface area contributed by atoms with E-state index in [1.165, 1.54) is 5.56 Å². The standard InChI is InChI=1S/C33H30N14/c1-16-10-18(3)25(19(4)11-16)38-24-14-22(7)27(29(39-24)40-26-20(5)12-17(2)13-21(26)6)44-45-28-23(15-34)37-32(41-28)46-47-33-42-30(35-8)31(36-9)43-33/h10-14H,1-7H3,(H,37,41)(H,42,43)(H2,38,39,40). The molecule has 0 bridgehead atoms. The van der Waals surface area contributed by atoms with Gasteiger partial charge in [0.1, 0.15) is 17.6 Å². The van der Waals surface area contributed by atoms with Gasteiger partial charge in [0.15, 0.2) is 11.5 Å². The van der Waals surface area contributed by atoms with E-state index in [0.29, 0.717) is 17.3 Å². The summed E-state index contributed by atoms with van der Waals surface area (Å²) in [5.74, 6) is 0.831. The van der Waals surface area contributed by atoms with Crippen LogP contribution in [0.3, 0.4) is 0 Å². The zero-order chi connectivity index (χ0) is 33.8. The first kappa shape index (κ1) is 31.7. The Morgan fingerprint density at radius 1 is 0.681 bits per heavy atom. The molecule has 0 aliphatic carbocycles. The van der Waals surface area contributed by atoms with Crippen LogP contribution in [0, 0.1) is 72.9 Å². The first-order chi connectivity index (χ1) is 22.5. The highest BCUT2D eigenvalue weighted by Gasteiger charge is 2.17. The second-order valence-electron chi connectivity index (χ2n) is 11.0. The Kier molecular flexibility index (Phi) is 8.84. The van der Waals surface area contributed by atoms with Crippen molar-refractivity contribution in [2.45, 2.75) is 48.5 Å². The highest BCUT2D eigenvalue weighted by atomic mass is 15.3. The van der Waals surface area contributed by atoms with Crippen molar-refractivity contribution < 1.29 is 0 Å². The molecule has 4 N–H and O–H groups in total. The fraction of sp³-hybridized carbons (Fsp3) is 0.212. The van der Waals surface area contributed by atoms with Gasteiger partial charge in [0.05, 0.1) is 0 Å². The molecule has 0 fully saturated rings. The van der Waals surface area contributed by atoms with Crippen molar-refractivity contribution in [1.82, 2.24) is 24.9 Å². The fourth-order valence-electron chi connectivity index (χ4n) is 5.23. The fourth-order valence-corrected chi connectivity index (χ4v) is 5.23. The van der Waals surface area contributed by atoms with Crippen LogP contribution < -0.4 is 10.6 Å². The van der Waals surface area contributed by atoms with Crippen molar-refractivity contribution in [1.29, 1.82) is 5.26 Å². The number of rotatable bonds is 8. The molecule has 0 atom stereocenters. The Morgan fingerprint density at radius 3 is 1.79 bits per heavy atom. The summed E-state index contributed by atoms with van der Waals surface area (Å²) in [6, 6.07) is 12.3. The SMILES string of the molecule is [C-]#[N+]c1nc(N=Nc2nc(N=Nc3c(C)cc(Nc4c(C)cc(C)cc4C)nc3Nc3c(C)cc(C)cc3C)c(C#N)[nH]2)[nH]c1[N+]#[C-]. The van der Waals surface area contributed by atoms with Gasteiger partial charge in [-0.1, -0.05) is 58.6 Å². The maximum absolute atomic E-state index is 9.73. The molecule has 0 aliphatic rings. The van der Waals surface area contributed by atoms with Gasteiger partial charge >= 0.3 is 5.95 Å². The number of hydrogen-bond donors (Lipinski definition) is 4. The summed E-state index contributed by atoms with van der Waals surface area (Å²) in [5.41, 5.74) is 9.76. The summed E-state index contributed by atoms with van der Waals surface area (Å²) in [6.07, 6.45) is 0. The van der Waals surface area contributed by atoms with E-state index in [1.807, 2.05) is 32.9 Å². The van der Waals surface area contributed by atoms with Gasteiger partial charge < -0.3 is 25.3 Å². The first-order valence-electron chi connectivity index (χ1n) is 14.4. The minimum atomic E-state index is -0.115. The largest absolute Gasteiger partial charge is 0.414 e. The topological polar surface area (TPSA) is 176 Å². The van der Waals surface area contributed by atoms with Crippen LogP contribution in [-0.4, -0.2) is 24.9 Å². The number of aryl methyl sites for hydroxylation is 7. The quantitative estimate of drug-likeness (QED) is 0.0988. The number of H-pyrrole nitrogens is 2. The Labute approximate surface area is 271 Å². The van der Waals surface area contributed by atoms with Gasteiger partial charge in [0.25, 0.3) is 11.6 Å². The van der Waals surface area contributed by atoms with Crippen molar-refractivity contribution in [3.8, 4) is 6.07 Å². The molecule has 5 rings (SSSR count). The second kappa shape index (κ2) is 13.1. The molecule has 14 heteroatoms. The normalized spacial score (nSPS) is 11.1. The third-order valence-electron chi connectivity index (χ3n) is 7.17. The molecule has 0 radical (unpaired) electrons. The van der Waals surface area contributed by atoms with Crippen molar-refractivity contribution >= 4 is 58.0 Å². The predicted molar refractivity (Wildman–Crippen MR) is 180 cm³/mol. The Balaban J connectivity index is 1.53. The maximum Gasteiger partial charge on any atom is 0.414 e. The summed E-state index contributed by atoms with van der Waals surface area (Å²) < 4.78 is 0. The molecular weight excluding hydrogens is 592 g/mol. The zero-order valence-electron chi connectivity index (χ0n) is 26.9. The number of azo groups is 2. The summed E-state index contributed by atoms with van der Waals surface area (Å²) in [5, 5.41) is 33.3. The number of imidazole rings is 2. The molecule has 232 valence electrons. The maximum atomic E-state index is 9.73. The van der Waals surface area contributed by atoms with E-state index < -0.39 is 0 Å². The molecule has 0 saturated carbocycles. The highest BCUT2D eigenvalue weighted by Crippen LogP contribution is 2.37. The lowest BCUT2D eigenvalue weighted by Gasteiger charge is -2.18. The lowest BCUT2D eigenvalue weighted by Crippen LogP contribution is -2.04. The van der Waals surface area contributed by atoms with Gasteiger partial charge in [-0.25, -0.2) is 4.98 Å². The highest BCUT2D eigenvalue weighted by molar-refractivity contribution is 5.77. The van der Waals surface area contributed by atoms with Crippen molar-refractivity contribution in [3.05, 3.63) is 97.8 Å². The van der Waals surface area contributed by atoms with Gasteiger partial charge in [0, 0.05) is 11.4 Å². The number of hydrogen-bond acceptors (Lipinski definition) is 10. The molecule has 0 aliphatic heterocycles. The van der Waals surface area contributed by atoms with E-state index in [1.54, 1.807) is 0 Å². The van der Waals surface area contributed by atoms with Gasteiger partial charge in [-0.15, -0.1) is 15.3 Å². The van der Waals surface area contributed by atoms with Crippen LogP contribution in [0.1, 0.15) is 44.6 Å². The van der Waals surface area contributed by atoms with E-state index in [0.717, 1.165) is 44.8 Å². The van der Waals surface area contributed by atoms with Crippen LogP contribution in [0.15, 0.2) is 50.8 Å². The van der Waals surface area contributed by atoms with Crippen molar-refractivity contribution in [2.75, 3.05) is 10.6 Å². The number of aromatic nitrogens is 5. The number of pyridine rings is 1. The molecular formula is C33H30N14. The van der Waals surface area contributed by atoms with Crippen molar-refractivity contribution in [2.24, 2.45) is 20.5 Å². The van der Waals surface area contributed by atoms with E-state index >= 15 is 0 Å². The molecule has 5 aromatic rings. The number of nitrogens with zero attached hydrogens (tertiary/aromatic N) is 10. The van der Waals surface area contributed by atoms with E-state index in [9.17, 15) is 5.26 Å². The smallest absolute Gasteiger partial charge is 0.373 e. The number of nitrogens with one attached hydrogen (secondary N) is 4. The summed E-state index contributed by atoms with van der Waals surface area (Å²) in [6.45, 7) is 28.5. The lowest BCUT2D eigenvalue weighted by atomic mass is 10.0. The van der Waals surface area contributed by atoms with Gasteiger partial charge in [-0.05, 0) is 82.3 Å². The molecule has 0 amide bonds.